The zero-order valence-electron chi connectivity index (χ0n) is 11.7. The third-order valence-corrected chi connectivity index (χ3v) is 5.33. The molecular formula is C12H23N3O3S. The molecule has 2 amide bonds. The van der Waals surface area contributed by atoms with Gasteiger partial charge in [0.25, 0.3) is 0 Å². The van der Waals surface area contributed by atoms with Crippen molar-refractivity contribution in [2.75, 3.05) is 39.0 Å². The minimum absolute atomic E-state index is 0.0698. The van der Waals surface area contributed by atoms with Crippen molar-refractivity contribution in [1.29, 1.82) is 0 Å². The Balaban J connectivity index is 1.92. The third kappa shape index (κ3) is 3.39. The summed E-state index contributed by atoms with van der Waals surface area (Å²) in [5.41, 5.74) is 0. The summed E-state index contributed by atoms with van der Waals surface area (Å²) in [6, 6.07) is 0.370. The van der Waals surface area contributed by atoms with Gasteiger partial charge in [0.2, 0.25) is 10.0 Å². The van der Waals surface area contributed by atoms with Gasteiger partial charge in [-0.2, -0.15) is 4.31 Å². The molecule has 0 aliphatic carbocycles. The van der Waals surface area contributed by atoms with Crippen molar-refractivity contribution in [1.82, 2.24) is 14.1 Å². The van der Waals surface area contributed by atoms with Crippen LogP contribution in [-0.4, -0.2) is 73.6 Å². The molecule has 0 spiro atoms. The van der Waals surface area contributed by atoms with Crippen molar-refractivity contribution >= 4 is 16.1 Å². The topological polar surface area (TPSA) is 60.9 Å². The molecule has 1 atom stereocenters. The first-order valence-electron chi connectivity index (χ1n) is 6.90. The second-order valence-electron chi connectivity index (χ2n) is 5.47. The average molecular weight is 289 g/mol. The number of piperidine rings is 1. The first-order valence-corrected chi connectivity index (χ1v) is 8.75. The van der Waals surface area contributed by atoms with Crippen LogP contribution < -0.4 is 0 Å². The van der Waals surface area contributed by atoms with Gasteiger partial charge in [-0.05, 0) is 26.2 Å². The number of hydrogen-bond acceptors (Lipinski definition) is 3. The third-order valence-electron chi connectivity index (χ3n) is 4.03. The van der Waals surface area contributed by atoms with Crippen molar-refractivity contribution in [2.24, 2.45) is 0 Å². The maximum atomic E-state index is 12.4. The lowest BCUT2D eigenvalue weighted by molar-refractivity contribution is 0.107. The minimum atomic E-state index is -3.13. The highest BCUT2D eigenvalue weighted by molar-refractivity contribution is 7.88. The van der Waals surface area contributed by atoms with Crippen LogP contribution in [0.15, 0.2) is 0 Å². The predicted octanol–water partition coefficient (Wildman–Crippen LogP) is 0.558. The molecule has 0 aromatic carbocycles. The van der Waals surface area contributed by atoms with Crippen molar-refractivity contribution in [2.45, 2.75) is 32.2 Å². The quantitative estimate of drug-likeness (QED) is 0.708. The van der Waals surface area contributed by atoms with Crippen LogP contribution in [0.3, 0.4) is 0 Å². The second-order valence-corrected chi connectivity index (χ2v) is 7.45. The minimum Gasteiger partial charge on any atom is -0.322 e. The van der Waals surface area contributed by atoms with Crippen LogP contribution >= 0.6 is 0 Å². The van der Waals surface area contributed by atoms with Crippen molar-refractivity contribution < 1.29 is 13.2 Å². The van der Waals surface area contributed by atoms with Gasteiger partial charge in [0.15, 0.2) is 0 Å². The fourth-order valence-corrected chi connectivity index (χ4v) is 3.60. The number of hydrogen-bond donors (Lipinski definition) is 0. The molecule has 19 heavy (non-hydrogen) atoms. The largest absolute Gasteiger partial charge is 0.322 e. The van der Waals surface area contributed by atoms with Gasteiger partial charge in [0, 0.05) is 38.8 Å². The molecule has 0 bridgehead atoms. The smallest absolute Gasteiger partial charge is 0.320 e. The average Bonchev–Trinajstić information content (AvgIpc) is 2.38. The number of rotatable bonds is 1. The van der Waals surface area contributed by atoms with Crippen LogP contribution in [0.2, 0.25) is 0 Å². The lowest BCUT2D eigenvalue weighted by Gasteiger charge is -2.40. The Kier molecular flexibility index (Phi) is 4.35. The van der Waals surface area contributed by atoms with Crippen LogP contribution in [0.5, 0.6) is 0 Å². The Bertz CT molecular complexity index is 430. The summed E-state index contributed by atoms with van der Waals surface area (Å²) in [5.74, 6) is 0. The highest BCUT2D eigenvalue weighted by Crippen LogP contribution is 2.19. The zero-order valence-corrected chi connectivity index (χ0v) is 12.5. The number of likely N-dealkylation sites (tertiary alicyclic amines) is 1. The van der Waals surface area contributed by atoms with E-state index in [1.165, 1.54) is 17.0 Å². The van der Waals surface area contributed by atoms with Gasteiger partial charge < -0.3 is 9.80 Å². The SMILES string of the molecule is CC1CCCCN1C(=O)N1CCN(S(C)(=O)=O)CC1. The monoisotopic (exact) mass is 289 g/mol. The molecule has 6 nitrogen and oxygen atoms in total. The van der Waals surface area contributed by atoms with Gasteiger partial charge in [-0.3, -0.25) is 0 Å². The van der Waals surface area contributed by atoms with Gasteiger partial charge in [-0.25, -0.2) is 13.2 Å². The van der Waals surface area contributed by atoms with E-state index in [1.807, 2.05) is 4.90 Å². The number of urea groups is 1. The summed E-state index contributed by atoms with van der Waals surface area (Å²) in [6.45, 7) is 4.72. The normalized spacial score (nSPS) is 26.5. The molecule has 0 radical (unpaired) electrons. The summed E-state index contributed by atoms with van der Waals surface area (Å²) in [5, 5.41) is 0. The van der Waals surface area contributed by atoms with Crippen LogP contribution in [0.1, 0.15) is 26.2 Å². The van der Waals surface area contributed by atoms with E-state index in [0.717, 1.165) is 19.4 Å². The Labute approximate surface area is 115 Å². The van der Waals surface area contributed by atoms with E-state index in [9.17, 15) is 13.2 Å². The molecule has 0 N–H and O–H groups in total. The zero-order chi connectivity index (χ0) is 14.0. The molecule has 1 unspecified atom stereocenters. The first-order chi connectivity index (χ1) is 8.89. The molecule has 2 fully saturated rings. The fraction of sp³-hybridized carbons (Fsp3) is 0.917. The summed E-state index contributed by atoms with van der Waals surface area (Å²) >= 11 is 0. The Morgan fingerprint density at radius 1 is 1.05 bits per heavy atom. The summed E-state index contributed by atoms with van der Waals surface area (Å²) < 4.78 is 24.3. The number of sulfonamides is 1. The Morgan fingerprint density at radius 2 is 1.68 bits per heavy atom. The molecule has 110 valence electrons. The van der Waals surface area contributed by atoms with E-state index in [1.54, 1.807) is 4.90 Å². The van der Waals surface area contributed by atoms with Crippen LogP contribution in [0.25, 0.3) is 0 Å². The maximum Gasteiger partial charge on any atom is 0.320 e. The number of carbonyl (C=O) groups is 1. The standard InChI is InChI=1S/C12H23N3O3S/c1-11-5-3-4-6-15(11)12(16)13-7-9-14(10-8-13)19(2,17)18/h11H,3-10H2,1-2H3. The molecule has 7 heteroatoms. The van der Waals surface area contributed by atoms with Crippen LogP contribution in [0, 0.1) is 0 Å². The van der Waals surface area contributed by atoms with Crippen molar-refractivity contribution in [3.63, 3.8) is 0 Å². The predicted molar refractivity (Wildman–Crippen MR) is 73.4 cm³/mol. The molecular weight excluding hydrogens is 266 g/mol. The summed E-state index contributed by atoms with van der Waals surface area (Å²) in [4.78, 5) is 16.1. The second kappa shape index (κ2) is 5.66. The maximum absolute atomic E-state index is 12.4. The molecule has 0 aromatic rings. The van der Waals surface area contributed by atoms with Crippen molar-refractivity contribution in [3.05, 3.63) is 0 Å². The molecule has 2 rings (SSSR count). The van der Waals surface area contributed by atoms with E-state index in [0.29, 0.717) is 32.2 Å². The molecule has 0 aromatic heterocycles. The Hall–Kier alpha value is -0.820. The molecule has 2 aliphatic rings. The molecule has 0 saturated carbocycles. The van der Waals surface area contributed by atoms with E-state index in [2.05, 4.69) is 6.92 Å². The van der Waals surface area contributed by atoms with Gasteiger partial charge in [0.05, 0.1) is 6.26 Å². The molecule has 2 heterocycles. The van der Waals surface area contributed by atoms with E-state index < -0.39 is 10.0 Å². The van der Waals surface area contributed by atoms with Gasteiger partial charge in [-0.15, -0.1) is 0 Å². The highest BCUT2D eigenvalue weighted by atomic mass is 32.2. The number of nitrogens with zero attached hydrogens (tertiary/aromatic N) is 3. The fourth-order valence-electron chi connectivity index (χ4n) is 2.77. The number of piperazine rings is 1. The van der Waals surface area contributed by atoms with Crippen LogP contribution in [-0.2, 0) is 10.0 Å². The molecule has 2 saturated heterocycles. The summed E-state index contributed by atoms with van der Waals surface area (Å²) in [6.07, 6.45) is 4.54. The van der Waals surface area contributed by atoms with E-state index >= 15 is 0 Å². The van der Waals surface area contributed by atoms with E-state index in [-0.39, 0.29) is 6.03 Å². The number of carbonyl (C=O) groups excluding carboxylic acids is 1. The Morgan fingerprint density at radius 3 is 2.21 bits per heavy atom. The van der Waals surface area contributed by atoms with Crippen LogP contribution in [0.4, 0.5) is 4.79 Å². The molecule has 2 aliphatic heterocycles. The van der Waals surface area contributed by atoms with E-state index in [4.69, 9.17) is 0 Å². The van der Waals surface area contributed by atoms with Gasteiger partial charge >= 0.3 is 6.03 Å². The van der Waals surface area contributed by atoms with Gasteiger partial charge in [0.1, 0.15) is 0 Å². The van der Waals surface area contributed by atoms with Crippen molar-refractivity contribution in [3.8, 4) is 0 Å². The highest BCUT2D eigenvalue weighted by Gasteiger charge is 2.31. The van der Waals surface area contributed by atoms with Gasteiger partial charge in [-0.1, -0.05) is 0 Å². The number of amides is 2. The summed E-state index contributed by atoms with van der Waals surface area (Å²) in [7, 11) is -3.13. The lowest BCUT2D eigenvalue weighted by atomic mass is 10.0. The lowest BCUT2D eigenvalue weighted by Crippen LogP contribution is -2.56. The first kappa shape index (κ1) is 14.6.